The summed E-state index contributed by atoms with van der Waals surface area (Å²) in [7, 11) is 0. The first-order valence-corrected chi connectivity index (χ1v) is 20.8. The molecule has 0 atom stereocenters. The Kier molecular flexibility index (Phi) is 7.50. The third-order valence-electron chi connectivity index (χ3n) is 12.2. The molecule has 0 aliphatic heterocycles. The fraction of sp³-hybridized carbons (Fsp3) is 0. The number of hydrogen-bond acceptors (Lipinski definition) is 5. The Hall–Kier alpha value is -8.48. The van der Waals surface area contributed by atoms with Crippen molar-refractivity contribution >= 4 is 76.0 Å². The molecule has 0 saturated carbocycles. The van der Waals surface area contributed by atoms with Crippen LogP contribution < -0.4 is 0 Å². The van der Waals surface area contributed by atoms with Crippen LogP contribution in [0.4, 0.5) is 0 Å². The van der Waals surface area contributed by atoms with Crippen LogP contribution in [0.3, 0.4) is 0 Å². The van der Waals surface area contributed by atoms with Gasteiger partial charge in [0, 0.05) is 49.5 Å². The van der Waals surface area contributed by atoms with Gasteiger partial charge >= 0.3 is 0 Å². The van der Waals surface area contributed by atoms with Crippen molar-refractivity contribution in [3.8, 4) is 51.3 Å². The molecule has 0 radical (unpaired) electrons. The SMILES string of the molecule is c1ccc(-c2nc3ccc4ccc5ccc6cc(-c7nc(-c8ccc9c(c8)c8ccccc8n9-c8ccccc8)nc(-c8cccc9ccccc89)n7)ccc6c5c4c3o2)cc1. The number of hydrogen-bond donors (Lipinski definition) is 0. The molecule has 288 valence electrons. The fourth-order valence-electron chi connectivity index (χ4n) is 9.33. The van der Waals surface area contributed by atoms with Crippen molar-refractivity contribution in [3.63, 3.8) is 0 Å². The number of aromatic nitrogens is 5. The Morgan fingerprint density at radius 2 is 0.984 bits per heavy atom. The van der Waals surface area contributed by atoms with Gasteiger partial charge < -0.3 is 8.98 Å². The molecule has 0 unspecified atom stereocenters. The molecule has 0 N–H and O–H groups in total. The number of para-hydroxylation sites is 2. The van der Waals surface area contributed by atoms with Gasteiger partial charge in [-0.1, -0.05) is 140 Å². The minimum atomic E-state index is 0.606. The molecule has 0 saturated heterocycles. The highest BCUT2D eigenvalue weighted by Crippen LogP contribution is 2.40. The van der Waals surface area contributed by atoms with Crippen LogP contribution in [-0.2, 0) is 0 Å². The van der Waals surface area contributed by atoms with Crippen molar-refractivity contribution in [2.45, 2.75) is 0 Å². The van der Waals surface area contributed by atoms with E-state index in [1.807, 2.05) is 36.4 Å². The minimum absolute atomic E-state index is 0.606. The Morgan fingerprint density at radius 1 is 0.355 bits per heavy atom. The zero-order valence-corrected chi connectivity index (χ0v) is 33.2. The van der Waals surface area contributed by atoms with Crippen molar-refractivity contribution in [2.75, 3.05) is 0 Å². The van der Waals surface area contributed by atoms with Crippen molar-refractivity contribution in [2.24, 2.45) is 0 Å². The lowest BCUT2D eigenvalue weighted by Gasteiger charge is -2.12. The second-order valence-corrected chi connectivity index (χ2v) is 15.8. The van der Waals surface area contributed by atoms with Crippen molar-refractivity contribution < 1.29 is 4.42 Å². The zero-order chi connectivity index (χ0) is 40.7. The molecule has 13 aromatic rings. The molecule has 62 heavy (non-hydrogen) atoms. The molecular weight excluding hydrogens is 759 g/mol. The number of nitrogens with zero attached hydrogens (tertiary/aromatic N) is 5. The van der Waals surface area contributed by atoms with Crippen LogP contribution in [0, 0.1) is 0 Å². The van der Waals surface area contributed by atoms with Gasteiger partial charge in [-0.3, -0.25) is 0 Å². The first-order chi connectivity index (χ1) is 30.7. The van der Waals surface area contributed by atoms with Crippen LogP contribution in [-0.4, -0.2) is 24.5 Å². The molecule has 0 fully saturated rings. The second-order valence-electron chi connectivity index (χ2n) is 15.8. The third kappa shape index (κ3) is 5.37. The van der Waals surface area contributed by atoms with Crippen LogP contribution in [0.25, 0.3) is 127 Å². The molecular formula is C56H33N5O. The average Bonchev–Trinajstić information content (AvgIpc) is 3.93. The van der Waals surface area contributed by atoms with E-state index in [4.69, 9.17) is 24.4 Å². The van der Waals surface area contributed by atoms with E-state index in [-0.39, 0.29) is 0 Å². The summed E-state index contributed by atoms with van der Waals surface area (Å²) in [6, 6.07) is 69.9. The van der Waals surface area contributed by atoms with Gasteiger partial charge in [-0.15, -0.1) is 0 Å². The molecule has 3 heterocycles. The lowest BCUT2D eigenvalue weighted by Crippen LogP contribution is -2.01. The minimum Gasteiger partial charge on any atom is -0.435 e. The maximum absolute atomic E-state index is 6.59. The van der Waals surface area contributed by atoms with Gasteiger partial charge in [0.25, 0.3) is 0 Å². The summed E-state index contributed by atoms with van der Waals surface area (Å²) in [6.45, 7) is 0. The number of fused-ring (bicyclic) bond motifs is 11. The smallest absolute Gasteiger partial charge is 0.227 e. The normalized spacial score (nSPS) is 11.9. The molecule has 13 rings (SSSR count). The molecule has 0 amide bonds. The summed E-state index contributed by atoms with van der Waals surface area (Å²) in [5, 5.41) is 11.1. The average molecular weight is 792 g/mol. The highest BCUT2D eigenvalue weighted by molar-refractivity contribution is 6.26. The number of benzene rings is 10. The van der Waals surface area contributed by atoms with Crippen LogP contribution in [0.1, 0.15) is 0 Å². The number of oxazole rings is 1. The van der Waals surface area contributed by atoms with Gasteiger partial charge in [0.05, 0.1) is 11.0 Å². The van der Waals surface area contributed by atoms with E-state index in [9.17, 15) is 0 Å². The van der Waals surface area contributed by atoms with Crippen LogP contribution >= 0.6 is 0 Å². The van der Waals surface area contributed by atoms with Crippen molar-refractivity contribution in [1.82, 2.24) is 24.5 Å². The Bertz CT molecular complexity index is 3920. The highest BCUT2D eigenvalue weighted by Gasteiger charge is 2.19. The predicted octanol–water partition coefficient (Wildman–Crippen LogP) is 14.4. The highest BCUT2D eigenvalue weighted by atomic mass is 16.3. The second kappa shape index (κ2) is 13.5. The van der Waals surface area contributed by atoms with Crippen LogP contribution in [0.5, 0.6) is 0 Å². The standard InChI is InChI=1S/C56H33N5O/c1-3-13-37(14-4-1)56-57-47-30-27-36-23-22-35-24-25-38-32-39(26-29-43(38)50(35)51(36)52(47)62-56)53-58-54(60-55(59-53)45-20-11-15-34-12-7-8-18-42(34)45)40-28-31-49-46(33-40)44-19-9-10-21-48(44)61(49)41-16-5-2-6-17-41/h1-33H. The summed E-state index contributed by atoms with van der Waals surface area (Å²) >= 11 is 0. The molecule has 3 aromatic heterocycles. The Labute approximate surface area is 355 Å². The maximum atomic E-state index is 6.59. The predicted molar refractivity (Wildman–Crippen MR) is 254 cm³/mol. The molecule has 0 bridgehead atoms. The fourth-order valence-corrected chi connectivity index (χ4v) is 9.33. The van der Waals surface area contributed by atoms with E-state index in [1.165, 1.54) is 5.39 Å². The van der Waals surface area contributed by atoms with Gasteiger partial charge in [0.15, 0.2) is 23.1 Å². The van der Waals surface area contributed by atoms with Gasteiger partial charge in [0.1, 0.15) is 5.52 Å². The summed E-state index contributed by atoms with van der Waals surface area (Å²) in [5.41, 5.74) is 8.74. The van der Waals surface area contributed by atoms with E-state index in [0.717, 1.165) is 98.6 Å². The van der Waals surface area contributed by atoms with Crippen LogP contribution in [0.15, 0.2) is 205 Å². The van der Waals surface area contributed by atoms with E-state index in [2.05, 4.69) is 168 Å². The van der Waals surface area contributed by atoms with E-state index >= 15 is 0 Å². The summed E-state index contributed by atoms with van der Waals surface area (Å²) in [5.74, 6) is 2.46. The largest absolute Gasteiger partial charge is 0.435 e. The molecule has 10 aromatic carbocycles. The van der Waals surface area contributed by atoms with Gasteiger partial charge in [-0.05, 0) is 93.0 Å². The van der Waals surface area contributed by atoms with E-state index in [0.29, 0.717) is 23.4 Å². The molecule has 0 aliphatic carbocycles. The lowest BCUT2D eigenvalue weighted by atomic mass is 9.95. The first kappa shape index (κ1) is 34.4. The van der Waals surface area contributed by atoms with Gasteiger partial charge in [-0.25, -0.2) is 19.9 Å². The zero-order valence-electron chi connectivity index (χ0n) is 33.2. The summed E-state index contributed by atoms with van der Waals surface area (Å²) in [4.78, 5) is 20.7. The van der Waals surface area contributed by atoms with E-state index < -0.39 is 0 Å². The molecule has 6 heteroatoms. The van der Waals surface area contributed by atoms with Crippen LogP contribution in [0.2, 0.25) is 0 Å². The van der Waals surface area contributed by atoms with Crippen molar-refractivity contribution in [3.05, 3.63) is 200 Å². The van der Waals surface area contributed by atoms with Gasteiger partial charge in [-0.2, -0.15) is 0 Å². The topological polar surface area (TPSA) is 69.6 Å². The molecule has 0 spiro atoms. The maximum Gasteiger partial charge on any atom is 0.227 e. The van der Waals surface area contributed by atoms with Crippen molar-refractivity contribution in [1.29, 1.82) is 0 Å². The summed E-state index contributed by atoms with van der Waals surface area (Å²) < 4.78 is 8.92. The third-order valence-corrected chi connectivity index (χ3v) is 12.2. The monoisotopic (exact) mass is 791 g/mol. The number of rotatable bonds is 5. The first-order valence-electron chi connectivity index (χ1n) is 20.8. The Balaban J connectivity index is 1.02. The quantitative estimate of drug-likeness (QED) is 0.162. The molecule has 6 nitrogen and oxygen atoms in total. The molecule has 0 aliphatic rings. The lowest BCUT2D eigenvalue weighted by molar-refractivity contribution is 0.623. The summed E-state index contributed by atoms with van der Waals surface area (Å²) in [6.07, 6.45) is 0. The van der Waals surface area contributed by atoms with E-state index in [1.54, 1.807) is 0 Å². The van der Waals surface area contributed by atoms with Gasteiger partial charge in [0.2, 0.25) is 5.89 Å². The Morgan fingerprint density at radius 3 is 1.82 bits per heavy atom.